The maximum Gasteiger partial charge on any atom is 0.391 e. The highest BCUT2D eigenvalue weighted by Crippen LogP contribution is 2.45. The summed E-state index contributed by atoms with van der Waals surface area (Å²) in [7, 11) is 0. The summed E-state index contributed by atoms with van der Waals surface area (Å²) in [6.45, 7) is 5.33. The number of amides is 2. The van der Waals surface area contributed by atoms with Gasteiger partial charge in [0.25, 0.3) is 5.91 Å². The van der Waals surface area contributed by atoms with Gasteiger partial charge in [0, 0.05) is 55.3 Å². The van der Waals surface area contributed by atoms with Gasteiger partial charge < -0.3 is 20.0 Å². The van der Waals surface area contributed by atoms with E-state index >= 15 is 0 Å². The van der Waals surface area contributed by atoms with Gasteiger partial charge in [0.2, 0.25) is 11.8 Å². The number of halogens is 6. The van der Waals surface area contributed by atoms with Crippen LogP contribution in [0.25, 0.3) is 22.6 Å². The van der Waals surface area contributed by atoms with Crippen LogP contribution in [-0.4, -0.2) is 66.3 Å². The molecule has 2 atom stereocenters. The first-order valence-electron chi connectivity index (χ1n) is 16.5. The van der Waals surface area contributed by atoms with Gasteiger partial charge in [-0.3, -0.25) is 9.59 Å². The molecule has 0 radical (unpaired) electrons. The van der Waals surface area contributed by atoms with Crippen molar-refractivity contribution in [2.24, 2.45) is 17.8 Å². The third-order valence-electron chi connectivity index (χ3n) is 9.59. The van der Waals surface area contributed by atoms with Gasteiger partial charge in [0.05, 0.1) is 23.5 Å². The van der Waals surface area contributed by atoms with Gasteiger partial charge in [-0.1, -0.05) is 13.8 Å². The average molecular weight is 692 g/mol. The van der Waals surface area contributed by atoms with Crippen molar-refractivity contribution in [1.82, 2.24) is 20.5 Å². The third kappa shape index (κ3) is 8.92. The van der Waals surface area contributed by atoms with E-state index in [-0.39, 0.29) is 36.6 Å². The van der Waals surface area contributed by atoms with E-state index in [1.54, 1.807) is 41.3 Å². The summed E-state index contributed by atoms with van der Waals surface area (Å²) in [5, 5.41) is 15.1. The van der Waals surface area contributed by atoms with E-state index in [0.29, 0.717) is 66.2 Å². The molecule has 2 heterocycles. The van der Waals surface area contributed by atoms with E-state index in [9.17, 15) is 41.2 Å². The number of hydrogen-bond acceptors (Lipinski definition) is 6. The third-order valence-corrected chi connectivity index (χ3v) is 9.59. The lowest BCUT2D eigenvalue weighted by molar-refractivity contribution is -0.225. The predicted octanol–water partition coefficient (Wildman–Crippen LogP) is 7.35. The first kappa shape index (κ1) is 36.2. The fourth-order valence-corrected chi connectivity index (χ4v) is 6.73. The van der Waals surface area contributed by atoms with Gasteiger partial charge in [-0.15, -0.1) is 0 Å². The number of piperidine rings is 1. The fourth-order valence-electron chi connectivity index (χ4n) is 6.73. The van der Waals surface area contributed by atoms with Crippen molar-refractivity contribution in [3.05, 3.63) is 53.1 Å². The standard InChI is InChI=1S/C35H39F6N5O3/c1-20(2)28-13-22(18-42)14-29-31(28)49-33(45-29)24-5-3-23(4-6-24)32(48)44-19-21-8-11-46(12-9-21)30(47)7-10-43-27-16-25(34(36,37)38)15-26(17-27)35(39,40)41/h3-6,13-14,20-21,25-27,43H,7-12,15-17,19H2,1-2H3,(H,44,48). The number of nitriles is 1. The zero-order valence-electron chi connectivity index (χ0n) is 27.3. The van der Waals surface area contributed by atoms with Gasteiger partial charge in [-0.25, -0.2) is 4.98 Å². The average Bonchev–Trinajstić information content (AvgIpc) is 3.50. The Bertz CT molecular complexity index is 1650. The topological polar surface area (TPSA) is 111 Å². The lowest BCUT2D eigenvalue weighted by Gasteiger charge is -2.37. The highest BCUT2D eigenvalue weighted by atomic mass is 19.4. The number of nitrogens with zero attached hydrogens (tertiary/aromatic N) is 3. The molecule has 2 fully saturated rings. The lowest BCUT2D eigenvalue weighted by atomic mass is 9.77. The molecule has 49 heavy (non-hydrogen) atoms. The molecule has 1 aromatic heterocycles. The van der Waals surface area contributed by atoms with Gasteiger partial charge in [0.1, 0.15) is 5.52 Å². The van der Waals surface area contributed by atoms with Crippen LogP contribution in [0.4, 0.5) is 26.3 Å². The van der Waals surface area contributed by atoms with E-state index in [0.717, 1.165) is 5.56 Å². The minimum Gasteiger partial charge on any atom is -0.436 e. The Kier molecular flexibility index (Phi) is 10.9. The van der Waals surface area contributed by atoms with E-state index in [1.165, 1.54) is 0 Å². The quantitative estimate of drug-likeness (QED) is 0.227. The molecule has 264 valence electrons. The SMILES string of the molecule is CC(C)c1cc(C#N)cc2nc(-c3ccc(C(=O)NCC4CCN(C(=O)CCNC5CC(C(F)(F)F)CC(C(F)(F)F)C5)CC4)cc3)oc12. The van der Waals surface area contributed by atoms with E-state index < -0.39 is 49.5 Å². The van der Waals surface area contributed by atoms with Crippen LogP contribution in [0.15, 0.2) is 40.8 Å². The minimum absolute atomic E-state index is 0.000936. The molecule has 2 aliphatic rings. The molecule has 2 unspecified atom stereocenters. The highest BCUT2D eigenvalue weighted by molar-refractivity contribution is 5.94. The Morgan fingerprint density at radius 3 is 2.20 bits per heavy atom. The molecule has 2 N–H and O–H groups in total. The van der Waals surface area contributed by atoms with Gasteiger partial charge in [-0.05, 0) is 80.3 Å². The molecule has 1 saturated carbocycles. The Morgan fingerprint density at radius 1 is 1.00 bits per heavy atom. The largest absolute Gasteiger partial charge is 0.436 e. The highest BCUT2D eigenvalue weighted by Gasteiger charge is 2.51. The van der Waals surface area contributed by atoms with Crippen molar-refractivity contribution >= 4 is 22.9 Å². The fraction of sp³-hybridized carbons (Fsp3) is 0.543. The first-order chi connectivity index (χ1) is 23.1. The second kappa shape index (κ2) is 14.8. The monoisotopic (exact) mass is 691 g/mol. The first-order valence-corrected chi connectivity index (χ1v) is 16.5. The number of carbonyl (C=O) groups excluding carboxylic acids is 2. The minimum atomic E-state index is -4.70. The second-order valence-corrected chi connectivity index (χ2v) is 13.4. The molecular weight excluding hydrogens is 652 g/mol. The number of hydrogen-bond donors (Lipinski definition) is 2. The number of fused-ring (bicyclic) bond motifs is 1. The number of alkyl halides is 6. The molecule has 2 amide bonds. The van der Waals surface area contributed by atoms with Crippen molar-refractivity contribution < 1.29 is 40.3 Å². The van der Waals surface area contributed by atoms with Crippen LogP contribution in [-0.2, 0) is 4.79 Å². The van der Waals surface area contributed by atoms with Gasteiger partial charge in [0.15, 0.2) is 5.58 Å². The van der Waals surface area contributed by atoms with Crippen LogP contribution in [0.2, 0.25) is 0 Å². The van der Waals surface area contributed by atoms with Crippen molar-refractivity contribution in [2.75, 3.05) is 26.2 Å². The maximum absolute atomic E-state index is 13.2. The molecular formula is C35H39F6N5O3. The van der Waals surface area contributed by atoms with Crippen LogP contribution in [0.1, 0.15) is 79.8 Å². The normalized spacial score (nSPS) is 20.8. The number of nitrogens with one attached hydrogen (secondary N) is 2. The number of rotatable bonds is 9. The molecule has 1 aliphatic carbocycles. The Hall–Kier alpha value is -4.12. The number of carbonyl (C=O) groups is 2. The lowest BCUT2D eigenvalue weighted by Crippen LogP contribution is -2.46. The molecule has 14 heteroatoms. The number of benzene rings is 2. The molecule has 1 saturated heterocycles. The second-order valence-electron chi connectivity index (χ2n) is 13.4. The zero-order valence-corrected chi connectivity index (χ0v) is 27.3. The molecule has 1 aliphatic heterocycles. The number of aromatic nitrogens is 1. The summed E-state index contributed by atoms with van der Waals surface area (Å²) < 4.78 is 85.5. The molecule has 2 aromatic carbocycles. The summed E-state index contributed by atoms with van der Waals surface area (Å²) >= 11 is 0. The Balaban J connectivity index is 1.06. The summed E-state index contributed by atoms with van der Waals surface area (Å²) in [4.78, 5) is 31.8. The van der Waals surface area contributed by atoms with Crippen LogP contribution >= 0.6 is 0 Å². The van der Waals surface area contributed by atoms with Crippen molar-refractivity contribution in [1.29, 1.82) is 5.26 Å². The number of likely N-dealkylation sites (tertiary alicyclic amines) is 1. The van der Waals surface area contributed by atoms with E-state index in [1.807, 2.05) is 13.8 Å². The maximum atomic E-state index is 13.2. The van der Waals surface area contributed by atoms with Gasteiger partial charge >= 0.3 is 12.4 Å². The molecule has 8 nitrogen and oxygen atoms in total. The summed E-state index contributed by atoms with van der Waals surface area (Å²) in [5.41, 5.74) is 3.75. The smallest absolute Gasteiger partial charge is 0.391 e. The van der Waals surface area contributed by atoms with Crippen LogP contribution in [0.5, 0.6) is 0 Å². The molecule has 0 spiro atoms. The van der Waals surface area contributed by atoms with Crippen molar-refractivity contribution in [2.45, 2.75) is 76.7 Å². The molecule has 0 bridgehead atoms. The van der Waals surface area contributed by atoms with Crippen LogP contribution in [0.3, 0.4) is 0 Å². The predicted molar refractivity (Wildman–Crippen MR) is 169 cm³/mol. The number of oxazole rings is 1. The van der Waals surface area contributed by atoms with Gasteiger partial charge in [-0.2, -0.15) is 31.6 Å². The van der Waals surface area contributed by atoms with E-state index in [4.69, 9.17) is 4.42 Å². The summed E-state index contributed by atoms with van der Waals surface area (Å²) in [5.74, 6) is -3.87. The zero-order chi connectivity index (χ0) is 35.5. The summed E-state index contributed by atoms with van der Waals surface area (Å²) in [6, 6.07) is 11.5. The Labute approximate surface area is 280 Å². The Morgan fingerprint density at radius 2 is 1.63 bits per heavy atom. The van der Waals surface area contributed by atoms with E-state index in [2.05, 4.69) is 21.7 Å². The molecule has 5 rings (SSSR count). The summed E-state index contributed by atoms with van der Waals surface area (Å²) in [6.07, 6.45) is -9.97. The molecule has 3 aromatic rings. The van der Waals surface area contributed by atoms with Crippen LogP contribution < -0.4 is 10.6 Å². The van der Waals surface area contributed by atoms with Crippen molar-refractivity contribution in [3.63, 3.8) is 0 Å². The van der Waals surface area contributed by atoms with Crippen LogP contribution in [0, 0.1) is 29.1 Å². The van der Waals surface area contributed by atoms with Crippen molar-refractivity contribution in [3.8, 4) is 17.5 Å².